The molecule has 4 rings (SSSR count). The van der Waals surface area contributed by atoms with E-state index in [-0.39, 0.29) is 27.9 Å². The lowest BCUT2D eigenvalue weighted by molar-refractivity contribution is 0.102. The van der Waals surface area contributed by atoms with Crippen molar-refractivity contribution in [1.29, 1.82) is 0 Å². The molecule has 1 aromatic heterocycles. The van der Waals surface area contributed by atoms with E-state index in [0.717, 1.165) is 6.07 Å². The first-order valence-electron chi connectivity index (χ1n) is 7.98. The summed E-state index contributed by atoms with van der Waals surface area (Å²) < 4.78 is 39.5. The van der Waals surface area contributed by atoms with Crippen LogP contribution in [0.15, 0.2) is 48.5 Å². The van der Waals surface area contributed by atoms with Gasteiger partial charge in [-0.25, -0.2) is 17.5 Å². The zero-order valence-electron chi connectivity index (χ0n) is 13.8. The number of carbonyl (C=O) groups is 1. The number of hydrogen-bond acceptors (Lipinski definition) is 4. The van der Waals surface area contributed by atoms with Crippen molar-refractivity contribution in [3.05, 3.63) is 76.2 Å². The van der Waals surface area contributed by atoms with Crippen molar-refractivity contribution < 1.29 is 17.6 Å². The SMILES string of the molecule is O=C(Nc1c2c(nn1-c1ccccc1)CS(=O)(=O)C2)c1c(F)cccc1Cl. The average Bonchev–Trinajstić information content (AvgIpc) is 3.08. The molecule has 0 atom stereocenters. The molecule has 0 saturated carbocycles. The van der Waals surface area contributed by atoms with Crippen LogP contribution in [0.2, 0.25) is 5.02 Å². The van der Waals surface area contributed by atoms with E-state index < -0.39 is 21.6 Å². The Labute approximate surface area is 159 Å². The summed E-state index contributed by atoms with van der Waals surface area (Å²) in [6.45, 7) is 0. The number of nitrogens with zero attached hydrogens (tertiary/aromatic N) is 2. The van der Waals surface area contributed by atoms with Gasteiger partial charge in [-0.1, -0.05) is 35.9 Å². The summed E-state index contributed by atoms with van der Waals surface area (Å²) in [7, 11) is -3.33. The number of sulfone groups is 1. The van der Waals surface area contributed by atoms with Crippen molar-refractivity contribution in [2.75, 3.05) is 5.32 Å². The van der Waals surface area contributed by atoms with Crippen LogP contribution in [-0.4, -0.2) is 24.1 Å². The van der Waals surface area contributed by atoms with Gasteiger partial charge in [-0.3, -0.25) is 4.79 Å². The minimum atomic E-state index is -3.33. The molecule has 1 amide bonds. The van der Waals surface area contributed by atoms with Gasteiger partial charge in [0.05, 0.1) is 33.5 Å². The molecule has 138 valence electrons. The number of rotatable bonds is 3. The van der Waals surface area contributed by atoms with Gasteiger partial charge in [0.25, 0.3) is 5.91 Å². The van der Waals surface area contributed by atoms with Gasteiger partial charge in [-0.2, -0.15) is 5.10 Å². The van der Waals surface area contributed by atoms with Gasteiger partial charge < -0.3 is 5.32 Å². The molecule has 0 bridgehead atoms. The Balaban J connectivity index is 1.81. The summed E-state index contributed by atoms with van der Waals surface area (Å²) in [5.74, 6) is -1.79. The van der Waals surface area contributed by atoms with Crippen LogP contribution < -0.4 is 5.32 Å². The fourth-order valence-electron chi connectivity index (χ4n) is 3.01. The number of para-hydroxylation sites is 1. The quantitative estimate of drug-likeness (QED) is 0.724. The van der Waals surface area contributed by atoms with Crippen molar-refractivity contribution in [2.45, 2.75) is 11.5 Å². The monoisotopic (exact) mass is 405 g/mol. The largest absolute Gasteiger partial charge is 0.306 e. The van der Waals surface area contributed by atoms with Crippen molar-refractivity contribution in [3.8, 4) is 5.69 Å². The van der Waals surface area contributed by atoms with Crippen molar-refractivity contribution in [2.24, 2.45) is 0 Å². The number of hydrogen-bond donors (Lipinski definition) is 1. The van der Waals surface area contributed by atoms with E-state index in [1.807, 2.05) is 6.07 Å². The Morgan fingerprint density at radius 2 is 1.85 bits per heavy atom. The molecular formula is C18H13ClFN3O3S. The number of nitrogens with one attached hydrogen (secondary N) is 1. The highest BCUT2D eigenvalue weighted by Gasteiger charge is 2.33. The second-order valence-electron chi connectivity index (χ2n) is 6.10. The number of amides is 1. The maximum absolute atomic E-state index is 14.1. The molecule has 0 spiro atoms. The van der Waals surface area contributed by atoms with Crippen molar-refractivity contribution in [3.63, 3.8) is 0 Å². The molecule has 2 heterocycles. The molecule has 9 heteroatoms. The number of halogens is 2. The molecule has 6 nitrogen and oxygen atoms in total. The highest BCUT2D eigenvalue weighted by atomic mass is 35.5. The summed E-state index contributed by atoms with van der Waals surface area (Å²) in [4.78, 5) is 12.7. The molecule has 0 unspecified atom stereocenters. The van der Waals surface area contributed by atoms with Gasteiger partial charge in [0.1, 0.15) is 11.6 Å². The molecule has 2 aromatic carbocycles. The highest BCUT2D eigenvalue weighted by molar-refractivity contribution is 7.90. The Morgan fingerprint density at radius 1 is 1.11 bits per heavy atom. The van der Waals surface area contributed by atoms with Gasteiger partial charge in [-0.05, 0) is 24.3 Å². The van der Waals surface area contributed by atoms with Crippen LogP contribution in [0, 0.1) is 5.82 Å². The molecule has 3 aromatic rings. The second-order valence-corrected chi connectivity index (χ2v) is 8.58. The van der Waals surface area contributed by atoms with Gasteiger partial charge >= 0.3 is 0 Å². The molecule has 1 aliphatic rings. The molecule has 27 heavy (non-hydrogen) atoms. The van der Waals surface area contributed by atoms with E-state index in [4.69, 9.17) is 11.6 Å². The van der Waals surface area contributed by atoms with E-state index in [1.165, 1.54) is 16.8 Å². The highest BCUT2D eigenvalue weighted by Crippen LogP contribution is 2.33. The summed E-state index contributed by atoms with van der Waals surface area (Å²) in [5.41, 5.74) is 1.10. The van der Waals surface area contributed by atoms with Crippen LogP contribution in [0.25, 0.3) is 5.69 Å². The molecule has 1 N–H and O–H groups in total. The number of anilines is 1. The van der Waals surface area contributed by atoms with E-state index in [2.05, 4.69) is 10.4 Å². The van der Waals surface area contributed by atoms with Gasteiger partial charge in [-0.15, -0.1) is 0 Å². The zero-order chi connectivity index (χ0) is 19.2. The van der Waals surface area contributed by atoms with E-state index in [9.17, 15) is 17.6 Å². The zero-order valence-corrected chi connectivity index (χ0v) is 15.4. The van der Waals surface area contributed by atoms with Gasteiger partial charge in [0.2, 0.25) is 0 Å². The second kappa shape index (κ2) is 6.47. The Hall–Kier alpha value is -2.71. The minimum Gasteiger partial charge on any atom is -0.306 e. The fourth-order valence-corrected chi connectivity index (χ4v) is 4.75. The first-order valence-corrected chi connectivity index (χ1v) is 10.2. The third-order valence-electron chi connectivity index (χ3n) is 4.21. The van der Waals surface area contributed by atoms with Crippen LogP contribution in [-0.2, 0) is 21.3 Å². The normalized spacial score (nSPS) is 14.7. The lowest BCUT2D eigenvalue weighted by Gasteiger charge is -2.12. The molecular weight excluding hydrogens is 393 g/mol. The van der Waals surface area contributed by atoms with Crippen LogP contribution in [0.5, 0.6) is 0 Å². The first kappa shape index (κ1) is 17.7. The third kappa shape index (κ3) is 3.22. The summed E-state index contributed by atoms with van der Waals surface area (Å²) in [6.07, 6.45) is 0. The first-order chi connectivity index (χ1) is 12.9. The standard InChI is InChI=1S/C18H13ClFN3O3S/c19-13-7-4-8-14(20)16(13)18(24)21-17-12-9-27(25,26)10-15(12)22-23(17)11-5-2-1-3-6-11/h1-8H,9-10H2,(H,21,24). The Morgan fingerprint density at radius 3 is 2.56 bits per heavy atom. The van der Waals surface area contributed by atoms with Crippen LogP contribution in [0.4, 0.5) is 10.2 Å². The maximum Gasteiger partial charge on any atom is 0.261 e. The summed E-state index contributed by atoms with van der Waals surface area (Å²) in [6, 6.07) is 12.9. The third-order valence-corrected chi connectivity index (χ3v) is 5.97. The van der Waals surface area contributed by atoms with E-state index in [1.54, 1.807) is 24.3 Å². The smallest absolute Gasteiger partial charge is 0.261 e. The van der Waals surface area contributed by atoms with Gasteiger partial charge in [0, 0.05) is 5.56 Å². The number of fused-ring (bicyclic) bond motifs is 1. The van der Waals surface area contributed by atoms with Crippen molar-refractivity contribution >= 4 is 33.2 Å². The van der Waals surface area contributed by atoms with Crippen molar-refractivity contribution in [1.82, 2.24) is 9.78 Å². The topological polar surface area (TPSA) is 81.1 Å². The molecule has 1 aliphatic heterocycles. The lowest BCUT2D eigenvalue weighted by atomic mass is 10.2. The fraction of sp³-hybridized carbons (Fsp3) is 0.111. The van der Waals surface area contributed by atoms with Crippen LogP contribution >= 0.6 is 11.6 Å². The summed E-state index contributed by atoms with van der Waals surface area (Å²) in [5, 5.41) is 6.90. The van der Waals surface area contributed by atoms with Gasteiger partial charge in [0.15, 0.2) is 9.84 Å². The Bertz CT molecular complexity index is 1140. The summed E-state index contributed by atoms with van der Waals surface area (Å²) >= 11 is 5.96. The van der Waals surface area contributed by atoms with E-state index in [0.29, 0.717) is 16.9 Å². The lowest BCUT2D eigenvalue weighted by Crippen LogP contribution is -2.18. The predicted octanol–water partition coefficient (Wildman–Crippen LogP) is 3.35. The van der Waals surface area contributed by atoms with E-state index >= 15 is 0 Å². The number of aromatic nitrogens is 2. The average molecular weight is 406 g/mol. The number of benzene rings is 2. The van der Waals surface area contributed by atoms with Crippen LogP contribution in [0.3, 0.4) is 0 Å². The molecule has 0 fully saturated rings. The predicted molar refractivity (Wildman–Crippen MR) is 99.3 cm³/mol. The molecule has 0 aliphatic carbocycles. The number of carbonyl (C=O) groups excluding carboxylic acids is 1. The molecule has 0 saturated heterocycles. The Kier molecular flexibility index (Phi) is 4.24. The van der Waals surface area contributed by atoms with Crippen LogP contribution in [0.1, 0.15) is 21.6 Å². The minimum absolute atomic E-state index is 0.0393. The molecule has 0 radical (unpaired) electrons. The maximum atomic E-state index is 14.1.